The van der Waals surface area contributed by atoms with Gasteiger partial charge in [0.05, 0.1) is 48.6 Å². The van der Waals surface area contributed by atoms with Crippen molar-refractivity contribution >= 4 is 17.3 Å². The number of methoxy groups -OCH3 is 1. The summed E-state index contributed by atoms with van der Waals surface area (Å²) in [5.74, 6) is 1.18. The lowest BCUT2D eigenvalue weighted by Gasteiger charge is -2.41. The fraction of sp³-hybridized carbons (Fsp3) is 0.541. The fourth-order valence-corrected chi connectivity index (χ4v) is 5.53. The number of anilines is 2. The van der Waals surface area contributed by atoms with Gasteiger partial charge < -0.3 is 28.7 Å². The first-order valence-electron chi connectivity index (χ1n) is 16.2. The van der Waals surface area contributed by atoms with Crippen LogP contribution in [0, 0.1) is 12.3 Å². The average molecular weight is 633 g/mol. The van der Waals surface area contributed by atoms with Crippen LogP contribution >= 0.6 is 0 Å². The van der Waals surface area contributed by atoms with Gasteiger partial charge in [-0.2, -0.15) is 0 Å². The Hall–Kier alpha value is -3.85. The minimum absolute atomic E-state index is 0.248. The van der Waals surface area contributed by atoms with Gasteiger partial charge in [-0.15, -0.1) is 0 Å². The lowest BCUT2D eigenvalue weighted by atomic mass is 9.82. The minimum atomic E-state index is -0.934. The zero-order chi connectivity index (χ0) is 33.6. The summed E-state index contributed by atoms with van der Waals surface area (Å²) >= 11 is 0. The van der Waals surface area contributed by atoms with Gasteiger partial charge in [-0.1, -0.05) is 13.8 Å². The monoisotopic (exact) mass is 632 g/mol. The van der Waals surface area contributed by atoms with E-state index in [2.05, 4.69) is 29.7 Å². The molecule has 0 amide bonds. The molecule has 1 aromatic carbocycles. The molecule has 46 heavy (non-hydrogen) atoms. The molecule has 250 valence electrons. The van der Waals surface area contributed by atoms with Crippen LogP contribution in [0.3, 0.4) is 0 Å². The second-order valence-electron chi connectivity index (χ2n) is 14.1. The maximum Gasteiger partial charge on any atom is 0.340 e. The number of benzene rings is 1. The Morgan fingerprint density at radius 1 is 1.00 bits per heavy atom. The number of likely N-dealkylation sites (N-methyl/N-ethyl adjacent to an activating group) is 1. The number of esters is 1. The number of aromatic nitrogens is 2. The number of aryl methyl sites for hydroxylation is 1. The van der Waals surface area contributed by atoms with E-state index < -0.39 is 17.7 Å². The minimum Gasteiger partial charge on any atom is -0.497 e. The molecule has 0 aliphatic carbocycles. The molecule has 0 spiro atoms. The van der Waals surface area contributed by atoms with Gasteiger partial charge >= 0.3 is 5.97 Å². The summed E-state index contributed by atoms with van der Waals surface area (Å²) in [6.45, 7) is 19.1. The molecule has 3 aromatic rings. The molecule has 1 aliphatic heterocycles. The van der Waals surface area contributed by atoms with Crippen molar-refractivity contribution in [1.82, 2.24) is 9.97 Å². The van der Waals surface area contributed by atoms with E-state index in [0.717, 1.165) is 71.3 Å². The van der Waals surface area contributed by atoms with Gasteiger partial charge in [0.2, 0.25) is 0 Å². The van der Waals surface area contributed by atoms with Gasteiger partial charge in [0.1, 0.15) is 18.1 Å². The summed E-state index contributed by atoms with van der Waals surface area (Å²) in [5.41, 5.74) is 4.72. The van der Waals surface area contributed by atoms with Crippen LogP contribution in [0.5, 0.6) is 11.5 Å². The highest BCUT2D eigenvalue weighted by molar-refractivity contribution is 5.86. The quantitative estimate of drug-likeness (QED) is 0.190. The Kier molecular flexibility index (Phi) is 11.2. The van der Waals surface area contributed by atoms with E-state index in [-0.39, 0.29) is 11.5 Å². The van der Waals surface area contributed by atoms with E-state index >= 15 is 0 Å². The predicted molar refractivity (Wildman–Crippen MR) is 184 cm³/mol. The number of hydrogen-bond acceptors (Lipinski definition) is 9. The van der Waals surface area contributed by atoms with E-state index in [1.54, 1.807) is 7.11 Å². The molecule has 0 saturated carbocycles. The third-order valence-electron chi connectivity index (χ3n) is 8.24. The maximum atomic E-state index is 13.7. The molecule has 1 aliphatic rings. The molecule has 1 atom stereocenters. The van der Waals surface area contributed by atoms with E-state index in [1.807, 2.05) is 91.3 Å². The van der Waals surface area contributed by atoms with Gasteiger partial charge in [0.25, 0.3) is 0 Å². The van der Waals surface area contributed by atoms with Crippen LogP contribution in [0.2, 0.25) is 0 Å². The zero-order valence-electron chi connectivity index (χ0n) is 29.3. The lowest BCUT2D eigenvalue weighted by Crippen LogP contribution is -2.39. The summed E-state index contributed by atoms with van der Waals surface area (Å²) in [7, 11) is 3.67. The van der Waals surface area contributed by atoms with Crippen molar-refractivity contribution in [2.45, 2.75) is 86.0 Å². The molecule has 1 saturated heterocycles. The molecule has 4 rings (SSSR count). The molecule has 0 N–H and O–H groups in total. The Morgan fingerprint density at radius 2 is 1.65 bits per heavy atom. The van der Waals surface area contributed by atoms with Gasteiger partial charge in [-0.3, -0.25) is 9.97 Å². The summed E-state index contributed by atoms with van der Waals surface area (Å²) in [5, 5.41) is 0. The lowest BCUT2D eigenvalue weighted by molar-refractivity contribution is -0.171. The number of piperidine rings is 1. The van der Waals surface area contributed by atoms with Crippen molar-refractivity contribution in [3.63, 3.8) is 0 Å². The van der Waals surface area contributed by atoms with Crippen molar-refractivity contribution in [2.75, 3.05) is 50.2 Å². The molecule has 1 fully saturated rings. The SMILES string of the molecule is COc1ccc(OCCN(C)c2ccc(-c3cnc(C)c([C@H](OC(C)(C)C)C(=O)OC(C)C)c3N3CCC(C)(C)CC3)nc2)cc1. The van der Waals surface area contributed by atoms with E-state index in [4.69, 9.17) is 28.9 Å². The molecule has 2 aromatic heterocycles. The van der Waals surface area contributed by atoms with Gasteiger partial charge in [0, 0.05) is 43.2 Å². The van der Waals surface area contributed by atoms with Crippen molar-refractivity contribution < 1.29 is 23.7 Å². The van der Waals surface area contributed by atoms with Crippen LogP contribution in [0.15, 0.2) is 48.8 Å². The highest BCUT2D eigenvalue weighted by Gasteiger charge is 2.37. The first kappa shape index (κ1) is 35.0. The largest absolute Gasteiger partial charge is 0.497 e. The number of nitrogens with zero attached hydrogens (tertiary/aromatic N) is 4. The van der Waals surface area contributed by atoms with Crippen molar-refractivity contribution in [3.8, 4) is 22.8 Å². The van der Waals surface area contributed by atoms with Crippen molar-refractivity contribution in [3.05, 3.63) is 60.0 Å². The second kappa shape index (κ2) is 14.7. The first-order valence-corrected chi connectivity index (χ1v) is 16.2. The second-order valence-corrected chi connectivity index (χ2v) is 14.1. The topological polar surface area (TPSA) is 86.2 Å². The predicted octanol–water partition coefficient (Wildman–Crippen LogP) is 7.41. The molecule has 0 bridgehead atoms. The molecular formula is C37H52N4O5. The third-order valence-corrected chi connectivity index (χ3v) is 8.24. The Bertz CT molecular complexity index is 1440. The van der Waals surface area contributed by atoms with Crippen LogP contribution in [0.4, 0.5) is 11.4 Å². The number of pyridine rings is 2. The number of hydrogen-bond donors (Lipinski definition) is 0. The molecule has 9 nitrogen and oxygen atoms in total. The highest BCUT2D eigenvalue weighted by Crippen LogP contribution is 2.43. The van der Waals surface area contributed by atoms with Crippen LogP contribution in [-0.4, -0.2) is 68.0 Å². The smallest absolute Gasteiger partial charge is 0.340 e. The fourth-order valence-electron chi connectivity index (χ4n) is 5.53. The summed E-state index contributed by atoms with van der Waals surface area (Å²) in [4.78, 5) is 27.9. The normalized spacial score (nSPS) is 15.4. The number of carbonyl (C=O) groups is 1. The number of carbonyl (C=O) groups excluding carboxylic acids is 1. The molecular weight excluding hydrogens is 580 g/mol. The molecule has 3 heterocycles. The summed E-state index contributed by atoms with van der Waals surface area (Å²) in [6, 6.07) is 11.7. The van der Waals surface area contributed by atoms with Gasteiger partial charge in [-0.25, -0.2) is 4.79 Å². The van der Waals surface area contributed by atoms with Crippen LogP contribution in [0.25, 0.3) is 11.3 Å². The van der Waals surface area contributed by atoms with Gasteiger partial charge in [-0.05, 0) is 96.2 Å². The summed E-state index contributed by atoms with van der Waals surface area (Å²) in [6.07, 6.45) is 4.61. The van der Waals surface area contributed by atoms with Crippen molar-refractivity contribution in [1.29, 1.82) is 0 Å². The maximum absolute atomic E-state index is 13.7. The molecule has 0 unspecified atom stereocenters. The average Bonchev–Trinajstić information content (AvgIpc) is 2.99. The zero-order valence-corrected chi connectivity index (χ0v) is 29.3. The third kappa shape index (κ3) is 9.12. The van der Waals surface area contributed by atoms with Crippen LogP contribution in [0.1, 0.15) is 78.7 Å². The standard InChI is InChI=1S/C37H52N4O5/c1-25(2)45-35(42)34(46-36(4,5)6)32-26(3)38-24-30(33(32)41-19-17-37(7,8)18-20-41)31-16-11-27(23-39-31)40(9)21-22-44-29-14-12-28(43-10)13-15-29/h11-16,23-25,34H,17-22H2,1-10H3/t34-/m0/s1. The van der Waals surface area contributed by atoms with Crippen LogP contribution < -0.4 is 19.3 Å². The Morgan fingerprint density at radius 3 is 2.22 bits per heavy atom. The summed E-state index contributed by atoms with van der Waals surface area (Å²) < 4.78 is 23.4. The highest BCUT2D eigenvalue weighted by atomic mass is 16.6. The Labute approximate surface area is 275 Å². The van der Waals surface area contributed by atoms with Crippen molar-refractivity contribution in [2.24, 2.45) is 5.41 Å². The van der Waals surface area contributed by atoms with E-state index in [9.17, 15) is 4.79 Å². The van der Waals surface area contributed by atoms with Gasteiger partial charge in [0.15, 0.2) is 6.10 Å². The molecule has 9 heteroatoms. The van der Waals surface area contributed by atoms with Crippen LogP contribution in [-0.2, 0) is 14.3 Å². The molecule has 0 radical (unpaired) electrons. The number of ether oxygens (including phenoxy) is 4. The number of rotatable bonds is 12. The Balaban J connectivity index is 1.66. The first-order chi connectivity index (χ1) is 21.7. The van der Waals surface area contributed by atoms with E-state index in [1.165, 1.54) is 0 Å². The van der Waals surface area contributed by atoms with E-state index in [0.29, 0.717) is 13.2 Å².